The molecular weight excluding hydrogens is 374 g/mol. The van der Waals surface area contributed by atoms with Gasteiger partial charge in [-0.25, -0.2) is 4.98 Å². The van der Waals surface area contributed by atoms with Crippen LogP contribution in [0.5, 0.6) is 0 Å². The summed E-state index contributed by atoms with van der Waals surface area (Å²) < 4.78 is 0. The number of rotatable bonds is 6. The largest absolute Gasteiger partial charge is 0.280 e. The Labute approximate surface area is 166 Å². The van der Waals surface area contributed by atoms with Crippen molar-refractivity contribution in [2.75, 3.05) is 11.4 Å². The number of carbonyl (C=O) groups is 1. The van der Waals surface area contributed by atoms with Crippen LogP contribution < -0.4 is 4.90 Å². The van der Waals surface area contributed by atoms with E-state index < -0.39 is 4.92 Å². The molecule has 0 radical (unpaired) electrons. The lowest BCUT2D eigenvalue weighted by atomic mass is 10.1. The summed E-state index contributed by atoms with van der Waals surface area (Å²) in [5.74, 6) is -0.142. The van der Waals surface area contributed by atoms with E-state index in [1.807, 2.05) is 37.4 Å². The van der Waals surface area contributed by atoms with Gasteiger partial charge in [-0.3, -0.25) is 19.8 Å². The lowest BCUT2D eigenvalue weighted by Gasteiger charge is -2.18. The summed E-state index contributed by atoms with van der Waals surface area (Å²) in [4.78, 5) is 29.6. The zero-order valence-electron chi connectivity index (χ0n) is 15.6. The number of amides is 1. The molecule has 6 nitrogen and oxygen atoms in total. The smallest absolute Gasteiger partial charge is 0.269 e. The fourth-order valence-electron chi connectivity index (χ4n) is 2.91. The first-order valence-electron chi connectivity index (χ1n) is 8.60. The van der Waals surface area contributed by atoms with E-state index in [2.05, 4.69) is 11.6 Å². The van der Waals surface area contributed by atoms with Gasteiger partial charge in [0.15, 0.2) is 5.13 Å². The van der Waals surface area contributed by atoms with Crippen LogP contribution in [-0.4, -0.2) is 22.4 Å². The summed E-state index contributed by atoms with van der Waals surface area (Å²) in [6, 6.07) is 11.9. The Morgan fingerprint density at radius 1 is 1.21 bits per heavy atom. The van der Waals surface area contributed by atoms with E-state index in [9.17, 15) is 14.9 Å². The van der Waals surface area contributed by atoms with Crippen LogP contribution in [0.1, 0.15) is 21.5 Å². The average Bonchev–Trinajstić information content (AvgIpc) is 3.14. The van der Waals surface area contributed by atoms with Crippen molar-refractivity contribution in [1.82, 2.24) is 4.98 Å². The van der Waals surface area contributed by atoms with E-state index in [1.54, 1.807) is 23.1 Å². The highest BCUT2D eigenvalue weighted by atomic mass is 32.1. The van der Waals surface area contributed by atoms with Crippen molar-refractivity contribution >= 4 is 28.1 Å². The third-order valence-corrected chi connectivity index (χ3v) is 4.99. The molecule has 0 aliphatic carbocycles. The fourth-order valence-corrected chi connectivity index (χ4v) is 3.75. The predicted octanol–water partition coefficient (Wildman–Crippen LogP) is 5.17. The number of nitro benzene ring substituents is 1. The Morgan fingerprint density at radius 3 is 2.43 bits per heavy atom. The molecule has 0 atom stereocenters. The first kappa shape index (κ1) is 19.4. The number of carbonyl (C=O) groups excluding carboxylic acids is 1. The molecule has 142 valence electrons. The number of benzene rings is 2. The monoisotopic (exact) mass is 393 g/mol. The van der Waals surface area contributed by atoms with E-state index in [0.717, 1.165) is 16.7 Å². The summed E-state index contributed by atoms with van der Waals surface area (Å²) in [7, 11) is 0. The van der Waals surface area contributed by atoms with Crippen molar-refractivity contribution in [2.45, 2.75) is 13.8 Å². The number of thiazole rings is 1. The van der Waals surface area contributed by atoms with Crippen molar-refractivity contribution < 1.29 is 9.72 Å². The van der Waals surface area contributed by atoms with Crippen LogP contribution in [0.15, 0.2) is 60.5 Å². The Balaban J connectivity index is 1.92. The normalized spacial score (nSPS) is 10.5. The number of nitro groups is 1. The summed E-state index contributed by atoms with van der Waals surface area (Å²) in [6.45, 7) is 7.99. The molecule has 0 aliphatic heterocycles. The second-order valence-corrected chi connectivity index (χ2v) is 7.24. The van der Waals surface area contributed by atoms with Crippen molar-refractivity contribution in [3.05, 3.63) is 87.3 Å². The molecule has 0 saturated heterocycles. The Kier molecular flexibility index (Phi) is 5.65. The summed E-state index contributed by atoms with van der Waals surface area (Å²) in [6.07, 6.45) is 1.66. The molecule has 0 spiro atoms. The van der Waals surface area contributed by atoms with Gasteiger partial charge in [-0.2, -0.15) is 0 Å². The zero-order valence-corrected chi connectivity index (χ0v) is 16.4. The Morgan fingerprint density at radius 2 is 1.86 bits per heavy atom. The third-order valence-electron chi connectivity index (χ3n) is 4.12. The minimum absolute atomic E-state index is 0.0254. The van der Waals surface area contributed by atoms with Crippen LogP contribution in [0.3, 0.4) is 0 Å². The highest BCUT2D eigenvalue weighted by molar-refractivity contribution is 7.14. The minimum Gasteiger partial charge on any atom is -0.280 e. The highest BCUT2D eigenvalue weighted by Gasteiger charge is 2.20. The summed E-state index contributed by atoms with van der Waals surface area (Å²) >= 11 is 1.35. The van der Waals surface area contributed by atoms with E-state index in [-0.39, 0.29) is 11.6 Å². The van der Waals surface area contributed by atoms with E-state index in [4.69, 9.17) is 0 Å². The topological polar surface area (TPSA) is 76.3 Å². The summed E-state index contributed by atoms with van der Waals surface area (Å²) in [5, 5.41) is 13.2. The number of non-ortho nitro benzene ring substituents is 1. The van der Waals surface area contributed by atoms with E-state index >= 15 is 0 Å². The number of nitrogens with zero attached hydrogens (tertiary/aromatic N) is 3. The lowest BCUT2D eigenvalue weighted by molar-refractivity contribution is -0.384. The second kappa shape index (κ2) is 8.14. The van der Waals surface area contributed by atoms with Gasteiger partial charge >= 0.3 is 0 Å². The molecule has 3 rings (SSSR count). The quantitative estimate of drug-likeness (QED) is 0.329. The molecule has 0 unspecified atom stereocenters. The van der Waals surface area contributed by atoms with Crippen LogP contribution in [-0.2, 0) is 0 Å². The number of aromatic nitrogens is 1. The number of anilines is 1. The molecule has 0 saturated carbocycles. The zero-order chi connectivity index (χ0) is 20.3. The molecule has 0 bridgehead atoms. The van der Waals surface area contributed by atoms with Crippen molar-refractivity contribution in [2.24, 2.45) is 0 Å². The molecule has 2 aromatic carbocycles. The minimum atomic E-state index is -0.440. The predicted molar refractivity (Wildman–Crippen MR) is 112 cm³/mol. The number of hydrogen-bond donors (Lipinski definition) is 0. The number of aryl methyl sites for hydroxylation is 2. The molecule has 0 aliphatic rings. The van der Waals surface area contributed by atoms with Gasteiger partial charge in [0.2, 0.25) is 0 Å². The van der Waals surface area contributed by atoms with Crippen molar-refractivity contribution in [3.63, 3.8) is 0 Å². The molecule has 1 aromatic heterocycles. The SMILES string of the molecule is C=CCN(C(=O)c1cc(C)cc(C)c1)c1nc(-c2ccc([N+](=O)[O-])cc2)cs1. The van der Waals surface area contributed by atoms with Gasteiger partial charge in [-0.1, -0.05) is 23.3 Å². The maximum atomic E-state index is 13.1. The van der Waals surface area contributed by atoms with E-state index in [1.165, 1.54) is 23.5 Å². The third kappa shape index (κ3) is 4.15. The molecular formula is C21H19N3O3S. The van der Waals surface area contributed by atoms with E-state index in [0.29, 0.717) is 22.9 Å². The van der Waals surface area contributed by atoms with Crippen LogP contribution in [0.2, 0.25) is 0 Å². The molecule has 0 fully saturated rings. The highest BCUT2D eigenvalue weighted by Crippen LogP contribution is 2.29. The van der Waals surface area contributed by atoms with Gasteiger partial charge in [-0.05, 0) is 38.1 Å². The molecule has 1 heterocycles. The van der Waals surface area contributed by atoms with Gasteiger partial charge < -0.3 is 0 Å². The first-order valence-corrected chi connectivity index (χ1v) is 9.48. The lowest BCUT2D eigenvalue weighted by Crippen LogP contribution is -2.31. The molecule has 1 amide bonds. The standard InChI is InChI=1S/C21H19N3O3S/c1-4-9-23(20(25)17-11-14(2)10-15(3)12-17)21-22-19(13-28-21)16-5-7-18(8-6-16)24(26)27/h4-8,10-13H,1,9H2,2-3H3. The van der Waals surface area contributed by atoms with Gasteiger partial charge in [0, 0.05) is 35.2 Å². The average molecular weight is 393 g/mol. The molecule has 7 heteroatoms. The Hall–Kier alpha value is -3.32. The maximum Gasteiger partial charge on any atom is 0.269 e. The van der Waals surface area contributed by atoms with Crippen LogP contribution in [0, 0.1) is 24.0 Å². The maximum absolute atomic E-state index is 13.1. The second-order valence-electron chi connectivity index (χ2n) is 6.40. The molecule has 0 N–H and O–H groups in total. The van der Waals surface area contributed by atoms with Crippen molar-refractivity contribution in [1.29, 1.82) is 0 Å². The van der Waals surface area contributed by atoms with Gasteiger partial charge in [0.1, 0.15) is 0 Å². The first-order chi connectivity index (χ1) is 13.4. The molecule has 3 aromatic rings. The molecule has 28 heavy (non-hydrogen) atoms. The Bertz CT molecular complexity index is 1020. The summed E-state index contributed by atoms with van der Waals surface area (Å²) in [5.41, 5.74) is 4.09. The van der Waals surface area contributed by atoms with Crippen LogP contribution >= 0.6 is 11.3 Å². The van der Waals surface area contributed by atoms with Gasteiger partial charge in [-0.15, -0.1) is 17.9 Å². The van der Waals surface area contributed by atoms with Crippen molar-refractivity contribution in [3.8, 4) is 11.3 Å². The van der Waals surface area contributed by atoms with Gasteiger partial charge in [0.05, 0.1) is 10.6 Å². The van der Waals surface area contributed by atoms with Crippen LogP contribution in [0.4, 0.5) is 10.8 Å². The van der Waals surface area contributed by atoms with Gasteiger partial charge in [0.25, 0.3) is 11.6 Å². The fraction of sp³-hybridized carbons (Fsp3) is 0.143. The van der Waals surface area contributed by atoms with Crippen LogP contribution in [0.25, 0.3) is 11.3 Å². The number of hydrogen-bond acceptors (Lipinski definition) is 5.